The van der Waals surface area contributed by atoms with Crippen LogP contribution < -0.4 is 16.1 Å². The molecule has 9 nitrogen and oxygen atoms in total. The summed E-state index contributed by atoms with van der Waals surface area (Å²) < 4.78 is 34.3. The van der Waals surface area contributed by atoms with Crippen LogP contribution in [0, 0.1) is 17.8 Å². The number of aryl methyl sites for hydroxylation is 1. The van der Waals surface area contributed by atoms with Crippen LogP contribution in [0.1, 0.15) is 56.5 Å². The highest BCUT2D eigenvalue weighted by molar-refractivity contribution is 8.15. The standard InChI is InChI=1S/C24H23F2N7O2S.2C2H6/c1-33-8-7-27-22(33)18-9-14(15-10-17(21(25)26)29-12-19(15)35-2)16(11-28-18)23(34)30-24-32-31-20(36-24)6-5-13-3-4-13;2*1-2/h7-13,17,21,24,29,32H,3-4H2,1-2H3,(H,30,34);2*1-2H3. The van der Waals surface area contributed by atoms with Crippen LogP contribution in [0.15, 0.2) is 47.8 Å². The molecular weight excluding hydrogens is 536 g/mol. The van der Waals surface area contributed by atoms with Crippen LogP contribution in [-0.2, 0) is 11.8 Å². The van der Waals surface area contributed by atoms with E-state index in [1.807, 2.05) is 34.7 Å². The monoisotopic (exact) mass is 571 g/mol. The Morgan fingerprint density at radius 3 is 2.62 bits per heavy atom. The number of methoxy groups -OCH3 is 1. The number of carbonyl (C=O) groups excluding carboxylic acids is 1. The van der Waals surface area contributed by atoms with Crippen molar-refractivity contribution in [3.8, 4) is 23.4 Å². The number of halogens is 2. The number of amides is 1. The average Bonchev–Trinajstić information content (AvgIpc) is 3.56. The zero-order chi connectivity index (χ0) is 29.2. The number of nitrogens with zero attached hydrogens (tertiary/aromatic N) is 4. The molecular formula is C28H35F2N7O2S. The van der Waals surface area contributed by atoms with E-state index in [0.717, 1.165) is 12.8 Å². The van der Waals surface area contributed by atoms with Gasteiger partial charge in [-0.05, 0) is 42.7 Å². The molecule has 0 saturated heterocycles. The van der Waals surface area contributed by atoms with Crippen LogP contribution in [0.3, 0.4) is 0 Å². The van der Waals surface area contributed by atoms with Crippen molar-refractivity contribution in [2.45, 2.75) is 58.5 Å². The first kappa shape index (κ1) is 30.7. The van der Waals surface area contributed by atoms with Crippen molar-refractivity contribution in [3.05, 3.63) is 53.8 Å². The molecule has 12 heteroatoms. The van der Waals surface area contributed by atoms with E-state index in [0.29, 0.717) is 39.4 Å². The van der Waals surface area contributed by atoms with Gasteiger partial charge < -0.3 is 19.9 Å². The first-order valence-corrected chi connectivity index (χ1v) is 14.1. The van der Waals surface area contributed by atoms with Crippen LogP contribution in [0.25, 0.3) is 17.1 Å². The summed E-state index contributed by atoms with van der Waals surface area (Å²) in [5, 5.41) is 10.2. The fourth-order valence-electron chi connectivity index (χ4n) is 3.68. The summed E-state index contributed by atoms with van der Waals surface area (Å²) in [6.07, 6.45) is 7.10. The van der Waals surface area contributed by atoms with Crippen LogP contribution in [-0.4, -0.2) is 50.6 Å². The average molecular weight is 572 g/mol. The Balaban J connectivity index is 0.00000106. The molecule has 1 aliphatic carbocycles. The maximum Gasteiger partial charge on any atom is 0.261 e. The zero-order valence-electron chi connectivity index (χ0n) is 23.5. The molecule has 2 aromatic rings. The number of nitrogens with one attached hydrogen (secondary N) is 3. The number of rotatable bonds is 6. The smallest absolute Gasteiger partial charge is 0.261 e. The molecule has 0 spiro atoms. The Morgan fingerprint density at radius 1 is 1.25 bits per heavy atom. The summed E-state index contributed by atoms with van der Waals surface area (Å²) in [5.74, 6) is 7.02. The topological polar surface area (TPSA) is 105 Å². The van der Waals surface area contributed by atoms with Gasteiger partial charge in [0.1, 0.15) is 17.5 Å². The highest BCUT2D eigenvalue weighted by Gasteiger charge is 2.29. The van der Waals surface area contributed by atoms with Gasteiger partial charge in [0.2, 0.25) is 0 Å². The maximum absolute atomic E-state index is 13.6. The van der Waals surface area contributed by atoms with Crippen LogP contribution in [0.5, 0.6) is 0 Å². The van der Waals surface area contributed by atoms with Gasteiger partial charge in [-0.3, -0.25) is 15.2 Å². The fraction of sp³-hybridized carbons (Fsp3) is 0.429. The van der Waals surface area contributed by atoms with Gasteiger partial charge in [0, 0.05) is 48.9 Å². The van der Waals surface area contributed by atoms with Gasteiger partial charge in [-0.1, -0.05) is 33.6 Å². The summed E-state index contributed by atoms with van der Waals surface area (Å²) in [5.41, 5.74) is 3.73. The van der Waals surface area contributed by atoms with E-state index in [-0.39, 0.29) is 5.56 Å². The van der Waals surface area contributed by atoms with Crippen LogP contribution in [0.4, 0.5) is 8.78 Å². The van der Waals surface area contributed by atoms with Gasteiger partial charge in [0.05, 0.1) is 12.7 Å². The SMILES string of the molecule is CC.CC.COC1=CNC(C(F)F)C=C1c1cc(-c2nccn2C)ncc1C(=O)NC1NN=C(C#CC2CC2)S1. The third-order valence-electron chi connectivity index (χ3n) is 5.73. The molecule has 2 aromatic heterocycles. The van der Waals surface area contributed by atoms with E-state index in [1.54, 1.807) is 23.0 Å². The summed E-state index contributed by atoms with van der Waals surface area (Å²) in [7, 11) is 3.25. The summed E-state index contributed by atoms with van der Waals surface area (Å²) in [6, 6.07) is 0.412. The highest BCUT2D eigenvalue weighted by Crippen LogP contribution is 2.32. The number of alkyl halides is 2. The predicted octanol–water partition coefficient (Wildman–Crippen LogP) is 4.72. The number of hydrazone groups is 1. The van der Waals surface area contributed by atoms with Gasteiger partial charge in [-0.15, -0.1) is 0 Å². The second-order valence-electron chi connectivity index (χ2n) is 8.36. The van der Waals surface area contributed by atoms with E-state index in [2.05, 4.69) is 43.0 Å². The Labute approximate surface area is 238 Å². The Bertz CT molecular complexity index is 1340. The molecule has 3 N–H and O–H groups in total. The number of dihydropyridines is 1. The summed E-state index contributed by atoms with van der Waals surface area (Å²) in [6.45, 7) is 8.00. The predicted molar refractivity (Wildman–Crippen MR) is 155 cm³/mol. The Morgan fingerprint density at radius 2 is 2.00 bits per heavy atom. The molecule has 0 bridgehead atoms. The van der Waals surface area contributed by atoms with Crippen molar-refractivity contribution in [1.82, 2.24) is 30.6 Å². The number of hydrogen-bond acceptors (Lipinski definition) is 8. The van der Waals surface area contributed by atoms with E-state index >= 15 is 0 Å². The molecule has 5 rings (SSSR count). The van der Waals surface area contributed by atoms with Crippen molar-refractivity contribution in [2.24, 2.45) is 18.1 Å². The van der Waals surface area contributed by atoms with Gasteiger partial charge in [0.25, 0.3) is 12.3 Å². The maximum atomic E-state index is 13.6. The van der Waals surface area contributed by atoms with Gasteiger partial charge in [-0.25, -0.2) is 13.8 Å². The number of hydrogen-bond donors (Lipinski definition) is 3. The molecule has 0 aromatic carbocycles. The van der Waals surface area contributed by atoms with Crippen molar-refractivity contribution >= 4 is 28.3 Å². The van der Waals surface area contributed by atoms with Crippen LogP contribution in [0.2, 0.25) is 0 Å². The molecule has 214 valence electrons. The first-order valence-electron chi connectivity index (χ1n) is 13.2. The zero-order valence-corrected chi connectivity index (χ0v) is 24.3. The Kier molecular flexibility index (Phi) is 11.1. The number of pyridine rings is 1. The lowest BCUT2D eigenvalue weighted by Gasteiger charge is -2.24. The first-order chi connectivity index (χ1) is 19.4. The largest absolute Gasteiger partial charge is 0.495 e. The number of thioether (sulfide) groups is 1. The number of imidazole rings is 1. The van der Waals surface area contributed by atoms with E-state index in [1.165, 1.54) is 37.3 Å². The molecule has 1 amide bonds. The molecule has 0 radical (unpaired) electrons. The summed E-state index contributed by atoms with van der Waals surface area (Å²) in [4.78, 5) is 22.1. The lowest BCUT2D eigenvalue weighted by atomic mass is 9.95. The number of ether oxygens (including phenoxy) is 1. The lowest BCUT2D eigenvalue weighted by molar-refractivity contribution is 0.0945. The second kappa shape index (κ2) is 14.5. The van der Waals surface area contributed by atoms with Crippen molar-refractivity contribution in [3.63, 3.8) is 0 Å². The molecule has 4 heterocycles. The van der Waals surface area contributed by atoms with Crippen LogP contribution >= 0.6 is 11.8 Å². The van der Waals surface area contributed by atoms with Gasteiger partial charge in [-0.2, -0.15) is 5.10 Å². The minimum Gasteiger partial charge on any atom is -0.495 e. The van der Waals surface area contributed by atoms with E-state index in [4.69, 9.17) is 4.74 Å². The molecule has 2 aliphatic heterocycles. The molecule has 2 unspecified atom stereocenters. The molecule has 3 aliphatic rings. The normalized spacial score (nSPS) is 19.1. The quantitative estimate of drug-likeness (QED) is 0.431. The third kappa shape index (κ3) is 7.41. The van der Waals surface area contributed by atoms with Gasteiger partial charge >= 0.3 is 0 Å². The second-order valence-corrected chi connectivity index (χ2v) is 9.45. The molecule has 1 saturated carbocycles. The fourth-order valence-corrected chi connectivity index (χ4v) is 4.40. The van der Waals surface area contributed by atoms with E-state index in [9.17, 15) is 13.6 Å². The Hall–Kier alpha value is -3.85. The lowest BCUT2D eigenvalue weighted by Crippen LogP contribution is -2.39. The highest BCUT2D eigenvalue weighted by atomic mass is 32.2. The van der Waals surface area contributed by atoms with Crippen molar-refractivity contribution in [1.29, 1.82) is 0 Å². The minimum absolute atomic E-state index is 0.192. The van der Waals surface area contributed by atoms with Crippen molar-refractivity contribution < 1.29 is 18.3 Å². The number of allylic oxidation sites excluding steroid dienone is 1. The molecule has 40 heavy (non-hydrogen) atoms. The number of aromatic nitrogens is 3. The summed E-state index contributed by atoms with van der Waals surface area (Å²) >= 11 is 1.30. The minimum atomic E-state index is -2.66. The van der Waals surface area contributed by atoms with E-state index < -0.39 is 23.9 Å². The van der Waals surface area contributed by atoms with Gasteiger partial charge in [0.15, 0.2) is 16.4 Å². The van der Waals surface area contributed by atoms with Crippen molar-refractivity contribution in [2.75, 3.05) is 7.11 Å². The molecule has 1 fully saturated rings. The number of carbonyl (C=O) groups is 1. The molecule has 2 atom stereocenters. The third-order valence-corrected chi connectivity index (χ3v) is 6.61.